The lowest BCUT2D eigenvalue weighted by Crippen LogP contribution is -2.03. The zero-order chi connectivity index (χ0) is 17.3. The third-order valence-electron chi connectivity index (χ3n) is 3.63. The first-order chi connectivity index (χ1) is 11.5. The smallest absolute Gasteiger partial charge is 0.352 e. The Morgan fingerprint density at radius 1 is 1.25 bits per heavy atom. The Balaban J connectivity index is 2.02. The third-order valence-corrected chi connectivity index (χ3v) is 3.63. The molecule has 0 fully saturated rings. The SMILES string of the molecule is COc1ccc(-c2noc(C)c2C(=O)c2c[nH]c(C(=O)O)c2)cc1. The van der Waals surface area contributed by atoms with Gasteiger partial charge in [0.05, 0.1) is 12.7 Å². The van der Waals surface area contributed by atoms with Crippen LogP contribution in [0.4, 0.5) is 0 Å². The van der Waals surface area contributed by atoms with Gasteiger partial charge < -0.3 is 19.4 Å². The van der Waals surface area contributed by atoms with E-state index in [9.17, 15) is 9.59 Å². The van der Waals surface area contributed by atoms with Crippen molar-refractivity contribution in [3.05, 3.63) is 59.1 Å². The average molecular weight is 326 g/mol. The Kier molecular flexibility index (Phi) is 3.91. The van der Waals surface area contributed by atoms with E-state index < -0.39 is 5.97 Å². The molecule has 122 valence electrons. The number of aromatic amines is 1. The summed E-state index contributed by atoms with van der Waals surface area (Å²) in [6, 6.07) is 8.34. The van der Waals surface area contributed by atoms with Gasteiger partial charge in [-0.2, -0.15) is 0 Å². The average Bonchev–Trinajstić information content (AvgIpc) is 3.21. The fourth-order valence-electron chi connectivity index (χ4n) is 2.38. The van der Waals surface area contributed by atoms with Crippen LogP contribution in [0.15, 0.2) is 41.1 Å². The summed E-state index contributed by atoms with van der Waals surface area (Å²) >= 11 is 0. The van der Waals surface area contributed by atoms with E-state index in [0.717, 1.165) is 0 Å². The molecule has 0 spiro atoms. The highest BCUT2D eigenvalue weighted by Gasteiger charge is 2.24. The van der Waals surface area contributed by atoms with Gasteiger partial charge >= 0.3 is 5.97 Å². The molecule has 0 saturated carbocycles. The van der Waals surface area contributed by atoms with Gasteiger partial charge in [0.1, 0.15) is 22.9 Å². The van der Waals surface area contributed by atoms with E-state index in [1.54, 1.807) is 38.3 Å². The van der Waals surface area contributed by atoms with Crippen LogP contribution in [0.5, 0.6) is 5.75 Å². The van der Waals surface area contributed by atoms with Crippen LogP contribution in [0.1, 0.15) is 32.2 Å². The molecule has 7 heteroatoms. The summed E-state index contributed by atoms with van der Waals surface area (Å²) in [6.07, 6.45) is 1.36. The molecule has 3 aromatic rings. The lowest BCUT2D eigenvalue weighted by atomic mass is 9.99. The van der Waals surface area contributed by atoms with Gasteiger partial charge in [0.15, 0.2) is 5.78 Å². The number of carbonyl (C=O) groups excluding carboxylic acids is 1. The number of hydrogen-bond acceptors (Lipinski definition) is 5. The topological polar surface area (TPSA) is 105 Å². The van der Waals surface area contributed by atoms with Crippen LogP contribution < -0.4 is 4.74 Å². The lowest BCUT2D eigenvalue weighted by Gasteiger charge is -2.03. The van der Waals surface area contributed by atoms with E-state index in [0.29, 0.717) is 28.3 Å². The zero-order valence-corrected chi connectivity index (χ0v) is 13.0. The summed E-state index contributed by atoms with van der Waals surface area (Å²) in [6.45, 7) is 1.64. The fraction of sp³-hybridized carbons (Fsp3) is 0.118. The largest absolute Gasteiger partial charge is 0.497 e. The first-order valence-corrected chi connectivity index (χ1v) is 7.08. The minimum absolute atomic E-state index is 0.0570. The van der Waals surface area contributed by atoms with Crippen molar-refractivity contribution < 1.29 is 24.0 Å². The number of nitrogens with one attached hydrogen (secondary N) is 1. The molecule has 7 nitrogen and oxygen atoms in total. The predicted molar refractivity (Wildman–Crippen MR) is 84.4 cm³/mol. The number of H-pyrrole nitrogens is 1. The van der Waals surface area contributed by atoms with Gasteiger partial charge in [-0.15, -0.1) is 0 Å². The monoisotopic (exact) mass is 326 g/mol. The second-order valence-corrected chi connectivity index (χ2v) is 5.13. The highest BCUT2D eigenvalue weighted by Crippen LogP contribution is 2.29. The van der Waals surface area contributed by atoms with E-state index in [-0.39, 0.29) is 17.0 Å². The van der Waals surface area contributed by atoms with Crippen LogP contribution in [-0.2, 0) is 0 Å². The highest BCUT2D eigenvalue weighted by atomic mass is 16.5. The number of carboxylic acids is 1. The number of carbonyl (C=O) groups is 2. The summed E-state index contributed by atoms with van der Waals surface area (Å²) in [4.78, 5) is 26.3. The molecule has 0 bridgehead atoms. The van der Waals surface area contributed by atoms with E-state index in [2.05, 4.69) is 10.1 Å². The van der Waals surface area contributed by atoms with E-state index in [1.165, 1.54) is 12.3 Å². The summed E-state index contributed by atoms with van der Waals surface area (Å²) in [5, 5.41) is 12.9. The third kappa shape index (κ3) is 2.67. The van der Waals surface area contributed by atoms with Gasteiger partial charge in [-0.05, 0) is 37.3 Å². The number of aromatic carboxylic acids is 1. The number of aryl methyl sites for hydroxylation is 1. The number of aromatic nitrogens is 2. The van der Waals surface area contributed by atoms with Crippen molar-refractivity contribution in [3.63, 3.8) is 0 Å². The van der Waals surface area contributed by atoms with Crippen LogP contribution in [0.2, 0.25) is 0 Å². The van der Waals surface area contributed by atoms with E-state index in [4.69, 9.17) is 14.4 Å². The van der Waals surface area contributed by atoms with E-state index >= 15 is 0 Å². The minimum atomic E-state index is -1.13. The fourth-order valence-corrected chi connectivity index (χ4v) is 2.38. The number of hydrogen-bond donors (Lipinski definition) is 2. The van der Waals surface area contributed by atoms with Gasteiger partial charge in [0.2, 0.25) is 0 Å². The van der Waals surface area contributed by atoms with Crippen molar-refractivity contribution in [1.82, 2.24) is 10.1 Å². The second kappa shape index (κ2) is 6.04. The molecule has 0 aliphatic rings. The van der Waals surface area contributed by atoms with Crippen molar-refractivity contribution in [2.75, 3.05) is 7.11 Å². The maximum Gasteiger partial charge on any atom is 0.352 e. The Morgan fingerprint density at radius 2 is 1.96 bits per heavy atom. The molecule has 2 aromatic heterocycles. The van der Waals surface area contributed by atoms with Crippen LogP contribution >= 0.6 is 0 Å². The maximum absolute atomic E-state index is 12.7. The van der Waals surface area contributed by atoms with Crippen molar-refractivity contribution >= 4 is 11.8 Å². The molecule has 3 rings (SSSR count). The minimum Gasteiger partial charge on any atom is -0.497 e. The quantitative estimate of drug-likeness (QED) is 0.698. The van der Waals surface area contributed by atoms with Gasteiger partial charge in [0, 0.05) is 17.3 Å². The van der Waals surface area contributed by atoms with Crippen molar-refractivity contribution in [2.45, 2.75) is 6.92 Å². The molecular weight excluding hydrogens is 312 g/mol. The van der Waals surface area contributed by atoms with Crippen LogP contribution in [0.3, 0.4) is 0 Å². The van der Waals surface area contributed by atoms with Gasteiger partial charge in [0.25, 0.3) is 0 Å². The molecule has 0 aliphatic carbocycles. The second-order valence-electron chi connectivity index (χ2n) is 5.13. The molecule has 24 heavy (non-hydrogen) atoms. The maximum atomic E-state index is 12.7. The number of benzene rings is 1. The van der Waals surface area contributed by atoms with Crippen LogP contribution in [0.25, 0.3) is 11.3 Å². The molecule has 2 heterocycles. The predicted octanol–water partition coefficient (Wildman–Crippen LogP) is 2.92. The van der Waals surface area contributed by atoms with Gasteiger partial charge in [-0.1, -0.05) is 5.16 Å². The first kappa shape index (κ1) is 15.5. The number of ketones is 1. The Hall–Kier alpha value is -3.35. The Bertz CT molecular complexity index is 905. The molecule has 0 saturated heterocycles. The number of rotatable bonds is 5. The number of carboxylic acid groups (broad SMARTS) is 1. The molecule has 0 unspecified atom stereocenters. The summed E-state index contributed by atoms with van der Waals surface area (Å²) in [7, 11) is 1.57. The van der Waals surface area contributed by atoms with Crippen LogP contribution in [-0.4, -0.2) is 34.1 Å². The normalized spacial score (nSPS) is 10.6. The molecule has 0 radical (unpaired) electrons. The molecule has 2 N–H and O–H groups in total. The van der Waals surface area contributed by atoms with Gasteiger partial charge in [-0.25, -0.2) is 4.79 Å². The Labute approximate surface area is 136 Å². The van der Waals surface area contributed by atoms with Crippen molar-refractivity contribution in [3.8, 4) is 17.0 Å². The molecule has 0 aliphatic heterocycles. The highest BCUT2D eigenvalue weighted by molar-refractivity contribution is 6.13. The number of methoxy groups -OCH3 is 1. The van der Waals surface area contributed by atoms with E-state index in [1.807, 2.05) is 0 Å². The Morgan fingerprint density at radius 3 is 2.54 bits per heavy atom. The lowest BCUT2D eigenvalue weighted by molar-refractivity contribution is 0.0691. The zero-order valence-electron chi connectivity index (χ0n) is 13.0. The molecule has 0 atom stereocenters. The number of nitrogens with zero attached hydrogens (tertiary/aromatic N) is 1. The molecule has 0 amide bonds. The van der Waals surface area contributed by atoms with Crippen molar-refractivity contribution in [1.29, 1.82) is 0 Å². The summed E-state index contributed by atoms with van der Waals surface area (Å²) < 4.78 is 10.3. The standard InChI is InChI=1S/C17H14N2O5/c1-9-14(16(20)11-7-13(17(21)22)18-8-11)15(19-24-9)10-3-5-12(23-2)6-4-10/h3-8,18H,1-2H3,(H,21,22). The van der Waals surface area contributed by atoms with Gasteiger partial charge in [-0.3, -0.25) is 4.79 Å². The summed E-state index contributed by atoms with van der Waals surface area (Å²) in [5.74, 6) is -0.442. The first-order valence-electron chi connectivity index (χ1n) is 7.08. The van der Waals surface area contributed by atoms with Crippen LogP contribution in [0, 0.1) is 6.92 Å². The molecule has 1 aromatic carbocycles. The molecular formula is C17H14N2O5. The van der Waals surface area contributed by atoms with Crippen molar-refractivity contribution in [2.24, 2.45) is 0 Å². The summed E-state index contributed by atoms with van der Waals surface area (Å²) in [5.41, 5.74) is 1.58. The number of ether oxygens (including phenoxy) is 1.